The standard InChI is InChI=1S/C21H19N5O3S/c1-3-29-17-10-6-15(7-11-17)19(28)23-20-24-21-26(25-20)18(12-30-21)14-4-8-16(9-5-14)22-13(2)27/h4-12H,3H2,1-2H3,(H,22,27)(H,23,25,28). The van der Waals surface area contributed by atoms with Crippen molar-refractivity contribution in [3.05, 3.63) is 59.5 Å². The van der Waals surface area contributed by atoms with Gasteiger partial charge >= 0.3 is 0 Å². The molecule has 0 aliphatic carbocycles. The van der Waals surface area contributed by atoms with Crippen molar-refractivity contribution in [1.82, 2.24) is 14.6 Å². The van der Waals surface area contributed by atoms with Crippen molar-refractivity contribution in [2.45, 2.75) is 13.8 Å². The first-order valence-corrected chi connectivity index (χ1v) is 10.2. The molecule has 9 heteroatoms. The van der Waals surface area contributed by atoms with Gasteiger partial charge in [0.25, 0.3) is 11.9 Å². The number of carbonyl (C=O) groups excluding carboxylic acids is 2. The number of hydrogen-bond donors (Lipinski definition) is 2. The van der Waals surface area contributed by atoms with Crippen molar-refractivity contribution < 1.29 is 14.3 Å². The molecule has 0 atom stereocenters. The molecule has 0 radical (unpaired) electrons. The lowest BCUT2D eigenvalue weighted by molar-refractivity contribution is -0.114. The van der Waals surface area contributed by atoms with E-state index in [9.17, 15) is 9.59 Å². The molecule has 4 aromatic rings. The molecule has 2 N–H and O–H groups in total. The molecule has 0 saturated heterocycles. The highest BCUT2D eigenvalue weighted by molar-refractivity contribution is 7.15. The van der Waals surface area contributed by atoms with Crippen molar-refractivity contribution >= 4 is 39.7 Å². The highest BCUT2D eigenvalue weighted by atomic mass is 32.1. The van der Waals surface area contributed by atoms with Crippen LogP contribution in [-0.2, 0) is 4.79 Å². The number of benzene rings is 2. The van der Waals surface area contributed by atoms with Gasteiger partial charge in [-0.25, -0.2) is 4.52 Å². The maximum absolute atomic E-state index is 12.5. The summed E-state index contributed by atoms with van der Waals surface area (Å²) in [4.78, 5) is 28.7. The molecule has 0 spiro atoms. The number of fused-ring (bicyclic) bond motifs is 1. The molecule has 0 aliphatic rings. The van der Waals surface area contributed by atoms with Crippen LogP contribution < -0.4 is 15.4 Å². The molecule has 8 nitrogen and oxygen atoms in total. The van der Waals surface area contributed by atoms with E-state index in [1.807, 2.05) is 36.6 Å². The maximum atomic E-state index is 12.5. The number of nitrogens with one attached hydrogen (secondary N) is 2. The summed E-state index contributed by atoms with van der Waals surface area (Å²) in [6.45, 7) is 3.94. The van der Waals surface area contributed by atoms with Crippen LogP contribution >= 0.6 is 11.3 Å². The van der Waals surface area contributed by atoms with Crippen LogP contribution in [0.15, 0.2) is 53.9 Å². The van der Waals surface area contributed by atoms with E-state index in [4.69, 9.17) is 4.74 Å². The number of amides is 2. The van der Waals surface area contributed by atoms with Crippen molar-refractivity contribution in [2.24, 2.45) is 0 Å². The molecule has 30 heavy (non-hydrogen) atoms. The summed E-state index contributed by atoms with van der Waals surface area (Å²) in [5, 5.41) is 11.8. The normalized spacial score (nSPS) is 10.7. The van der Waals surface area contributed by atoms with E-state index >= 15 is 0 Å². The van der Waals surface area contributed by atoms with Crippen molar-refractivity contribution in [3.8, 4) is 17.0 Å². The van der Waals surface area contributed by atoms with E-state index < -0.39 is 0 Å². The first kappa shape index (κ1) is 19.6. The predicted molar refractivity (Wildman–Crippen MR) is 116 cm³/mol. The van der Waals surface area contributed by atoms with Gasteiger partial charge in [-0.05, 0) is 43.3 Å². The Hall–Kier alpha value is -3.72. The van der Waals surface area contributed by atoms with Gasteiger partial charge in [0.1, 0.15) is 5.75 Å². The quantitative estimate of drug-likeness (QED) is 0.489. The number of rotatable bonds is 6. The number of anilines is 2. The first-order valence-electron chi connectivity index (χ1n) is 9.30. The number of ether oxygens (including phenoxy) is 1. The monoisotopic (exact) mass is 421 g/mol. The molecule has 2 aromatic heterocycles. The highest BCUT2D eigenvalue weighted by Gasteiger charge is 2.14. The lowest BCUT2D eigenvalue weighted by Gasteiger charge is -2.05. The first-order chi connectivity index (χ1) is 14.5. The Bertz CT molecular complexity index is 1200. The van der Waals surface area contributed by atoms with Gasteiger partial charge in [0, 0.05) is 29.1 Å². The Labute approximate surface area is 176 Å². The van der Waals surface area contributed by atoms with Crippen LogP contribution in [0.2, 0.25) is 0 Å². The summed E-state index contributed by atoms with van der Waals surface area (Å²) in [6.07, 6.45) is 0. The third kappa shape index (κ3) is 4.15. The number of thiazole rings is 1. The topological polar surface area (TPSA) is 97.6 Å². The molecule has 0 unspecified atom stereocenters. The largest absolute Gasteiger partial charge is 0.494 e. The van der Waals surface area contributed by atoms with Crippen LogP contribution in [0.1, 0.15) is 24.2 Å². The van der Waals surface area contributed by atoms with Crippen LogP contribution in [0.3, 0.4) is 0 Å². The summed E-state index contributed by atoms with van der Waals surface area (Å²) in [7, 11) is 0. The average molecular weight is 421 g/mol. The van der Waals surface area contributed by atoms with E-state index in [0.717, 1.165) is 16.9 Å². The fraction of sp³-hybridized carbons (Fsp3) is 0.143. The molecule has 152 valence electrons. The van der Waals surface area contributed by atoms with Crippen molar-refractivity contribution in [1.29, 1.82) is 0 Å². The van der Waals surface area contributed by atoms with Crippen LogP contribution in [0, 0.1) is 0 Å². The van der Waals surface area contributed by atoms with E-state index in [0.29, 0.717) is 22.9 Å². The summed E-state index contributed by atoms with van der Waals surface area (Å²) in [6, 6.07) is 14.3. The Morgan fingerprint density at radius 2 is 1.80 bits per heavy atom. The summed E-state index contributed by atoms with van der Waals surface area (Å²) < 4.78 is 7.08. The molecule has 0 bridgehead atoms. The van der Waals surface area contributed by atoms with Gasteiger partial charge < -0.3 is 10.1 Å². The fourth-order valence-electron chi connectivity index (χ4n) is 2.90. The summed E-state index contributed by atoms with van der Waals surface area (Å²) in [5.41, 5.74) is 2.98. The van der Waals surface area contributed by atoms with Gasteiger partial charge in [-0.3, -0.25) is 14.9 Å². The van der Waals surface area contributed by atoms with Gasteiger partial charge in [0.15, 0.2) is 0 Å². The van der Waals surface area contributed by atoms with Crippen molar-refractivity contribution in [3.63, 3.8) is 0 Å². The second-order valence-electron chi connectivity index (χ2n) is 6.42. The second kappa shape index (κ2) is 8.34. The zero-order chi connectivity index (χ0) is 21.1. The SMILES string of the molecule is CCOc1ccc(C(=O)Nc2nc3scc(-c4ccc(NC(C)=O)cc4)n3n2)cc1. The Morgan fingerprint density at radius 1 is 1.07 bits per heavy atom. The minimum absolute atomic E-state index is 0.120. The lowest BCUT2D eigenvalue weighted by Crippen LogP contribution is -2.13. The highest BCUT2D eigenvalue weighted by Crippen LogP contribution is 2.27. The zero-order valence-electron chi connectivity index (χ0n) is 16.4. The number of nitrogens with zero attached hydrogens (tertiary/aromatic N) is 3. The molecule has 0 saturated carbocycles. The maximum Gasteiger partial charge on any atom is 0.258 e. The molecule has 4 rings (SSSR count). The molecular formula is C21H19N5O3S. The zero-order valence-corrected chi connectivity index (χ0v) is 17.2. The fourth-order valence-corrected chi connectivity index (χ4v) is 3.73. The lowest BCUT2D eigenvalue weighted by atomic mass is 10.1. The van der Waals surface area contributed by atoms with Crippen LogP contribution in [-0.4, -0.2) is 33.0 Å². The van der Waals surface area contributed by atoms with E-state index in [-0.39, 0.29) is 17.8 Å². The molecule has 2 amide bonds. The van der Waals surface area contributed by atoms with E-state index in [1.165, 1.54) is 18.3 Å². The van der Waals surface area contributed by atoms with E-state index in [2.05, 4.69) is 20.7 Å². The number of hydrogen-bond acceptors (Lipinski definition) is 6. The smallest absolute Gasteiger partial charge is 0.258 e. The third-order valence-corrected chi connectivity index (χ3v) is 5.05. The molecular weight excluding hydrogens is 402 g/mol. The molecule has 2 heterocycles. The third-order valence-electron chi connectivity index (χ3n) is 4.24. The van der Waals surface area contributed by atoms with Crippen LogP contribution in [0.4, 0.5) is 11.6 Å². The summed E-state index contributed by atoms with van der Waals surface area (Å²) in [5.74, 6) is 0.531. The summed E-state index contributed by atoms with van der Waals surface area (Å²) >= 11 is 1.43. The van der Waals surface area contributed by atoms with Gasteiger partial charge in [0.05, 0.1) is 12.3 Å². The minimum atomic E-state index is -0.294. The van der Waals surface area contributed by atoms with Gasteiger partial charge in [-0.1, -0.05) is 12.1 Å². The van der Waals surface area contributed by atoms with Gasteiger partial charge in [-0.15, -0.1) is 16.4 Å². The minimum Gasteiger partial charge on any atom is -0.494 e. The van der Waals surface area contributed by atoms with Gasteiger partial charge in [-0.2, -0.15) is 4.98 Å². The molecule has 0 fully saturated rings. The van der Waals surface area contributed by atoms with Crippen LogP contribution in [0.5, 0.6) is 5.75 Å². The Balaban J connectivity index is 1.52. The molecule has 2 aromatic carbocycles. The van der Waals surface area contributed by atoms with Crippen LogP contribution in [0.25, 0.3) is 16.2 Å². The number of carbonyl (C=O) groups is 2. The Kier molecular flexibility index (Phi) is 5.44. The van der Waals surface area contributed by atoms with E-state index in [1.54, 1.807) is 28.8 Å². The Morgan fingerprint density at radius 3 is 2.47 bits per heavy atom. The number of aromatic nitrogens is 3. The molecule has 0 aliphatic heterocycles. The predicted octanol–water partition coefficient (Wildman–Crippen LogP) is 4.07. The van der Waals surface area contributed by atoms with Crippen molar-refractivity contribution in [2.75, 3.05) is 17.2 Å². The van der Waals surface area contributed by atoms with Gasteiger partial charge in [0.2, 0.25) is 10.9 Å². The second-order valence-corrected chi connectivity index (χ2v) is 7.26. The average Bonchev–Trinajstić information content (AvgIpc) is 3.29.